The summed E-state index contributed by atoms with van der Waals surface area (Å²) >= 11 is 0. The first-order valence-electron chi connectivity index (χ1n) is 2.49. The molecule has 0 radical (unpaired) electrons. The van der Waals surface area contributed by atoms with Crippen molar-refractivity contribution in [1.82, 2.24) is 0 Å². The van der Waals surface area contributed by atoms with Gasteiger partial charge in [-0.1, -0.05) is 6.08 Å². The van der Waals surface area contributed by atoms with E-state index in [2.05, 4.69) is 12.3 Å². The second-order valence-corrected chi connectivity index (χ2v) is 1.35. The molecule has 0 aliphatic rings. The van der Waals surface area contributed by atoms with Gasteiger partial charge in [-0.2, -0.15) is 0 Å². The van der Waals surface area contributed by atoms with Crippen molar-refractivity contribution >= 4 is 0 Å². The largest absolute Gasteiger partial charge is 0.384 e. The van der Waals surface area contributed by atoms with E-state index in [1.807, 2.05) is 6.92 Å². The van der Waals surface area contributed by atoms with Crippen LogP contribution in [0.15, 0.2) is 30.5 Å². The zero-order valence-corrected chi connectivity index (χ0v) is 4.96. The van der Waals surface area contributed by atoms with Gasteiger partial charge in [0.2, 0.25) is 0 Å². The van der Waals surface area contributed by atoms with Crippen molar-refractivity contribution in [2.24, 2.45) is 0 Å². The summed E-state index contributed by atoms with van der Waals surface area (Å²) in [5.41, 5.74) is 2.73. The summed E-state index contributed by atoms with van der Waals surface area (Å²) in [5, 5.41) is 8.73. The van der Waals surface area contributed by atoms with Crippen molar-refractivity contribution in [3.8, 4) is 0 Å². The lowest BCUT2D eigenvalue weighted by atomic mass is 10.3. The standard InChI is InChI=1S/C7H10O/c1-3-5-6-7(8)4-2/h3-4,6-8H,2H2,1H3. The van der Waals surface area contributed by atoms with E-state index >= 15 is 0 Å². The molecule has 1 nitrogen and oxygen atoms in total. The third-order valence-corrected chi connectivity index (χ3v) is 0.675. The molecule has 8 heavy (non-hydrogen) atoms. The van der Waals surface area contributed by atoms with E-state index in [1.54, 1.807) is 6.08 Å². The van der Waals surface area contributed by atoms with E-state index in [9.17, 15) is 0 Å². The topological polar surface area (TPSA) is 20.2 Å². The molecular weight excluding hydrogens is 100 g/mol. The Kier molecular flexibility index (Phi) is 3.95. The van der Waals surface area contributed by atoms with Crippen LogP contribution in [0.25, 0.3) is 0 Å². The Hall–Kier alpha value is -0.780. The summed E-state index contributed by atoms with van der Waals surface area (Å²) in [5.74, 6) is 0. The molecule has 0 aromatic rings. The predicted molar refractivity (Wildman–Crippen MR) is 34.5 cm³/mol. The average molecular weight is 110 g/mol. The summed E-state index contributed by atoms with van der Waals surface area (Å²) in [6.45, 7) is 5.22. The van der Waals surface area contributed by atoms with Gasteiger partial charge in [0.15, 0.2) is 0 Å². The van der Waals surface area contributed by atoms with Crippen LogP contribution >= 0.6 is 0 Å². The highest BCUT2D eigenvalue weighted by Crippen LogP contribution is 1.82. The lowest BCUT2D eigenvalue weighted by Gasteiger charge is -1.88. The van der Waals surface area contributed by atoms with Crippen LogP contribution in [-0.2, 0) is 0 Å². The van der Waals surface area contributed by atoms with Crippen LogP contribution in [0.3, 0.4) is 0 Å². The summed E-state index contributed by atoms with van der Waals surface area (Å²) < 4.78 is 0. The first kappa shape index (κ1) is 7.22. The van der Waals surface area contributed by atoms with Crippen molar-refractivity contribution in [2.45, 2.75) is 13.0 Å². The van der Waals surface area contributed by atoms with Gasteiger partial charge < -0.3 is 5.11 Å². The van der Waals surface area contributed by atoms with Gasteiger partial charge in [0.05, 0.1) is 6.10 Å². The van der Waals surface area contributed by atoms with Gasteiger partial charge in [-0.3, -0.25) is 0 Å². The third kappa shape index (κ3) is 3.41. The first-order valence-corrected chi connectivity index (χ1v) is 2.49. The summed E-state index contributed by atoms with van der Waals surface area (Å²) in [7, 11) is 0. The maximum Gasteiger partial charge on any atom is 0.0973 e. The number of aliphatic hydroxyl groups is 1. The Morgan fingerprint density at radius 2 is 2.38 bits per heavy atom. The smallest absolute Gasteiger partial charge is 0.0973 e. The molecule has 1 unspecified atom stereocenters. The number of aliphatic hydroxyl groups excluding tert-OH is 1. The third-order valence-electron chi connectivity index (χ3n) is 0.675. The minimum atomic E-state index is -0.550. The van der Waals surface area contributed by atoms with Gasteiger partial charge in [-0.05, 0) is 19.1 Å². The number of rotatable bonds is 2. The van der Waals surface area contributed by atoms with Crippen molar-refractivity contribution in [1.29, 1.82) is 0 Å². The van der Waals surface area contributed by atoms with Gasteiger partial charge >= 0.3 is 0 Å². The fourth-order valence-corrected chi connectivity index (χ4v) is 0.263. The molecule has 0 saturated heterocycles. The van der Waals surface area contributed by atoms with Gasteiger partial charge in [0.25, 0.3) is 0 Å². The maximum absolute atomic E-state index is 8.73. The molecule has 0 fully saturated rings. The molecule has 1 heteroatoms. The van der Waals surface area contributed by atoms with Crippen LogP contribution in [0.1, 0.15) is 6.92 Å². The Bertz CT molecular complexity index is 118. The quantitative estimate of drug-likeness (QED) is 0.419. The summed E-state index contributed by atoms with van der Waals surface area (Å²) in [4.78, 5) is 0. The van der Waals surface area contributed by atoms with Crippen molar-refractivity contribution in [2.75, 3.05) is 0 Å². The van der Waals surface area contributed by atoms with E-state index < -0.39 is 6.10 Å². The molecule has 0 amide bonds. The van der Waals surface area contributed by atoms with E-state index in [0.29, 0.717) is 0 Å². The lowest BCUT2D eigenvalue weighted by molar-refractivity contribution is 0.272. The lowest BCUT2D eigenvalue weighted by Crippen LogP contribution is -1.92. The molecule has 0 aliphatic carbocycles. The molecule has 0 aromatic carbocycles. The van der Waals surface area contributed by atoms with Gasteiger partial charge in [0, 0.05) is 0 Å². The highest BCUT2D eigenvalue weighted by Gasteiger charge is 1.83. The molecule has 0 aromatic heterocycles. The van der Waals surface area contributed by atoms with Crippen LogP contribution in [0, 0.1) is 0 Å². The SMILES string of the molecule is C=CC(O)C=C=CC. The van der Waals surface area contributed by atoms with E-state index in [1.165, 1.54) is 12.2 Å². The molecule has 1 atom stereocenters. The molecule has 0 spiro atoms. The second kappa shape index (κ2) is 4.38. The highest BCUT2D eigenvalue weighted by atomic mass is 16.3. The Morgan fingerprint density at radius 3 is 2.75 bits per heavy atom. The summed E-state index contributed by atoms with van der Waals surface area (Å²) in [6, 6.07) is 0. The van der Waals surface area contributed by atoms with Crippen LogP contribution in [-0.4, -0.2) is 11.2 Å². The average Bonchev–Trinajstić information content (AvgIpc) is 1.83. The molecule has 0 aliphatic heterocycles. The van der Waals surface area contributed by atoms with Gasteiger partial charge in [-0.15, -0.1) is 12.3 Å². The monoisotopic (exact) mass is 110 g/mol. The Balaban J connectivity index is 3.69. The zero-order valence-electron chi connectivity index (χ0n) is 4.96. The molecule has 0 heterocycles. The first-order chi connectivity index (χ1) is 3.81. The molecule has 0 bridgehead atoms. The summed E-state index contributed by atoms with van der Waals surface area (Å²) in [6.07, 6.45) is 4.15. The van der Waals surface area contributed by atoms with Crippen molar-refractivity contribution < 1.29 is 5.11 Å². The van der Waals surface area contributed by atoms with Gasteiger partial charge in [0.1, 0.15) is 0 Å². The van der Waals surface area contributed by atoms with Crippen molar-refractivity contribution in [3.05, 3.63) is 30.5 Å². The minimum absolute atomic E-state index is 0.550. The molecule has 1 N–H and O–H groups in total. The molecule has 0 rings (SSSR count). The van der Waals surface area contributed by atoms with E-state index in [-0.39, 0.29) is 0 Å². The fraction of sp³-hybridized carbons (Fsp3) is 0.286. The van der Waals surface area contributed by atoms with Crippen LogP contribution in [0.2, 0.25) is 0 Å². The highest BCUT2D eigenvalue weighted by molar-refractivity contribution is 4.96. The van der Waals surface area contributed by atoms with Crippen molar-refractivity contribution in [3.63, 3.8) is 0 Å². The van der Waals surface area contributed by atoms with E-state index in [0.717, 1.165) is 0 Å². The maximum atomic E-state index is 8.73. The fourth-order valence-electron chi connectivity index (χ4n) is 0.263. The van der Waals surface area contributed by atoms with E-state index in [4.69, 9.17) is 5.11 Å². The number of hydrogen-bond acceptors (Lipinski definition) is 1. The van der Waals surface area contributed by atoms with Crippen LogP contribution in [0.4, 0.5) is 0 Å². The van der Waals surface area contributed by atoms with Crippen LogP contribution < -0.4 is 0 Å². The second-order valence-electron chi connectivity index (χ2n) is 1.35. The molecular formula is C7H10O. The van der Waals surface area contributed by atoms with Gasteiger partial charge in [-0.25, -0.2) is 0 Å². The molecule has 44 valence electrons. The Labute approximate surface area is 49.7 Å². The normalized spacial score (nSPS) is 11.2. The Morgan fingerprint density at radius 1 is 1.75 bits per heavy atom. The predicted octanol–water partition coefficient (Wildman–Crippen LogP) is 1.26. The zero-order chi connectivity index (χ0) is 6.41. The molecule has 0 saturated carbocycles. The number of hydrogen-bond donors (Lipinski definition) is 1. The van der Waals surface area contributed by atoms with Crippen LogP contribution in [0.5, 0.6) is 0 Å². The minimum Gasteiger partial charge on any atom is -0.384 e.